The van der Waals surface area contributed by atoms with Crippen LogP contribution in [0.25, 0.3) is 0 Å². The average Bonchev–Trinajstić information content (AvgIpc) is 2.74. The Balaban J connectivity index is 1.49. The van der Waals surface area contributed by atoms with Gasteiger partial charge in [-0.1, -0.05) is 44.2 Å². The maximum Gasteiger partial charge on any atom is 0.317 e. The Morgan fingerprint density at radius 2 is 1.76 bits per heavy atom. The number of carbonyl (C=O) groups is 1. The van der Waals surface area contributed by atoms with Gasteiger partial charge in [0.25, 0.3) is 0 Å². The SMILES string of the molecule is COc1ccc(CCNC(=O)N2CCN(c3c(C)cccc3C(C)C)CC2)cc1. The van der Waals surface area contributed by atoms with E-state index >= 15 is 0 Å². The number of carbonyl (C=O) groups excluding carboxylic acids is 1. The standard InChI is InChI=1S/C24H33N3O2/c1-18(2)22-7-5-6-19(3)23(22)26-14-16-27(17-15-26)24(28)25-13-12-20-8-10-21(29-4)11-9-20/h5-11,18H,12-17H2,1-4H3,(H,25,28). The second-order valence-corrected chi connectivity index (χ2v) is 7.97. The summed E-state index contributed by atoms with van der Waals surface area (Å²) in [6, 6.07) is 14.6. The molecule has 2 aromatic rings. The molecule has 1 heterocycles. The van der Waals surface area contributed by atoms with Gasteiger partial charge >= 0.3 is 6.03 Å². The number of rotatable bonds is 6. The Bertz CT molecular complexity index is 809. The topological polar surface area (TPSA) is 44.8 Å². The summed E-state index contributed by atoms with van der Waals surface area (Å²) in [5, 5.41) is 3.06. The highest BCUT2D eigenvalue weighted by Gasteiger charge is 2.23. The van der Waals surface area contributed by atoms with E-state index in [1.165, 1.54) is 22.4 Å². The van der Waals surface area contributed by atoms with Crippen LogP contribution in [0.5, 0.6) is 5.75 Å². The number of aryl methyl sites for hydroxylation is 1. The van der Waals surface area contributed by atoms with Gasteiger partial charge in [-0.05, 0) is 48.1 Å². The number of ether oxygens (including phenoxy) is 1. The third kappa shape index (κ3) is 5.22. The molecule has 1 N–H and O–H groups in total. The zero-order valence-corrected chi connectivity index (χ0v) is 18.1. The molecule has 1 aliphatic rings. The first-order valence-corrected chi connectivity index (χ1v) is 10.5. The van der Waals surface area contributed by atoms with E-state index in [2.05, 4.69) is 49.2 Å². The lowest BCUT2D eigenvalue weighted by molar-refractivity contribution is 0.194. The van der Waals surface area contributed by atoms with Gasteiger partial charge in [0, 0.05) is 38.4 Å². The van der Waals surface area contributed by atoms with E-state index in [1.54, 1.807) is 7.11 Å². The van der Waals surface area contributed by atoms with Crippen LogP contribution >= 0.6 is 0 Å². The molecule has 5 heteroatoms. The van der Waals surface area contributed by atoms with E-state index in [1.807, 2.05) is 29.2 Å². The second kappa shape index (κ2) is 9.68. The van der Waals surface area contributed by atoms with E-state index in [-0.39, 0.29) is 6.03 Å². The Hall–Kier alpha value is -2.69. The molecule has 2 amide bonds. The van der Waals surface area contributed by atoms with Gasteiger partial charge in [0.1, 0.15) is 5.75 Å². The summed E-state index contributed by atoms with van der Waals surface area (Å²) >= 11 is 0. The number of nitrogens with zero attached hydrogens (tertiary/aromatic N) is 2. The summed E-state index contributed by atoms with van der Waals surface area (Å²) in [5.41, 5.74) is 5.25. The van der Waals surface area contributed by atoms with Crippen molar-refractivity contribution >= 4 is 11.7 Å². The van der Waals surface area contributed by atoms with Crippen molar-refractivity contribution in [3.63, 3.8) is 0 Å². The van der Waals surface area contributed by atoms with E-state index < -0.39 is 0 Å². The summed E-state index contributed by atoms with van der Waals surface area (Å²) in [4.78, 5) is 16.9. The third-order valence-corrected chi connectivity index (χ3v) is 5.62. The monoisotopic (exact) mass is 395 g/mol. The first-order chi connectivity index (χ1) is 14.0. The number of para-hydroxylation sites is 1. The molecular weight excluding hydrogens is 362 g/mol. The number of methoxy groups -OCH3 is 1. The normalized spacial score (nSPS) is 14.2. The molecule has 1 fully saturated rings. The highest BCUT2D eigenvalue weighted by Crippen LogP contribution is 2.31. The molecule has 0 aliphatic carbocycles. The van der Waals surface area contributed by atoms with Gasteiger partial charge < -0.3 is 19.9 Å². The first kappa shape index (κ1) is 21.0. The maximum absolute atomic E-state index is 12.6. The van der Waals surface area contributed by atoms with E-state index in [4.69, 9.17) is 4.74 Å². The van der Waals surface area contributed by atoms with E-state index in [0.29, 0.717) is 12.5 Å². The molecule has 0 radical (unpaired) electrons. The second-order valence-electron chi connectivity index (χ2n) is 7.97. The van der Waals surface area contributed by atoms with Crippen LogP contribution in [-0.4, -0.2) is 50.8 Å². The highest BCUT2D eigenvalue weighted by atomic mass is 16.5. The average molecular weight is 396 g/mol. The molecule has 0 saturated carbocycles. The number of nitrogens with one attached hydrogen (secondary N) is 1. The molecule has 0 bridgehead atoms. The van der Waals surface area contributed by atoms with Crippen molar-refractivity contribution in [1.29, 1.82) is 0 Å². The fourth-order valence-corrected chi connectivity index (χ4v) is 3.93. The summed E-state index contributed by atoms with van der Waals surface area (Å²) in [5.74, 6) is 1.34. The van der Waals surface area contributed by atoms with Crippen LogP contribution in [0.4, 0.5) is 10.5 Å². The maximum atomic E-state index is 12.6. The van der Waals surface area contributed by atoms with Crippen molar-refractivity contribution in [2.24, 2.45) is 0 Å². The van der Waals surface area contributed by atoms with Crippen LogP contribution in [0, 0.1) is 6.92 Å². The smallest absolute Gasteiger partial charge is 0.317 e. The molecule has 29 heavy (non-hydrogen) atoms. The molecule has 1 saturated heterocycles. The van der Waals surface area contributed by atoms with Crippen molar-refractivity contribution in [1.82, 2.24) is 10.2 Å². The quantitative estimate of drug-likeness (QED) is 0.797. The molecule has 5 nitrogen and oxygen atoms in total. The zero-order chi connectivity index (χ0) is 20.8. The summed E-state index contributed by atoms with van der Waals surface area (Å²) < 4.78 is 5.18. The molecule has 0 spiro atoms. The predicted octanol–water partition coefficient (Wildman–Crippen LogP) is 4.20. The number of urea groups is 1. The number of benzene rings is 2. The van der Waals surface area contributed by atoms with E-state index in [0.717, 1.165) is 38.3 Å². The van der Waals surface area contributed by atoms with Crippen LogP contribution in [-0.2, 0) is 6.42 Å². The van der Waals surface area contributed by atoms with E-state index in [9.17, 15) is 4.79 Å². The molecule has 1 aliphatic heterocycles. The largest absolute Gasteiger partial charge is 0.497 e. The van der Waals surface area contributed by atoms with Crippen molar-refractivity contribution in [2.75, 3.05) is 44.7 Å². The predicted molar refractivity (Wildman–Crippen MR) is 119 cm³/mol. The molecule has 0 atom stereocenters. The van der Waals surface area contributed by atoms with Crippen LogP contribution in [0.1, 0.15) is 36.5 Å². The molecule has 0 aromatic heterocycles. The lowest BCUT2D eigenvalue weighted by atomic mass is 9.97. The number of anilines is 1. The van der Waals surface area contributed by atoms with Gasteiger partial charge in [0.05, 0.1) is 7.11 Å². The Morgan fingerprint density at radius 3 is 2.38 bits per heavy atom. The molecule has 156 valence electrons. The lowest BCUT2D eigenvalue weighted by Crippen LogP contribution is -2.52. The van der Waals surface area contributed by atoms with Crippen LogP contribution in [0.3, 0.4) is 0 Å². The van der Waals surface area contributed by atoms with Crippen molar-refractivity contribution in [2.45, 2.75) is 33.1 Å². The minimum absolute atomic E-state index is 0.0343. The van der Waals surface area contributed by atoms with Gasteiger partial charge in [-0.2, -0.15) is 0 Å². The van der Waals surface area contributed by atoms with Gasteiger partial charge in [-0.3, -0.25) is 0 Å². The Morgan fingerprint density at radius 1 is 1.07 bits per heavy atom. The number of hydrogen-bond acceptors (Lipinski definition) is 3. The third-order valence-electron chi connectivity index (χ3n) is 5.62. The Kier molecular flexibility index (Phi) is 7.02. The number of piperazine rings is 1. The van der Waals surface area contributed by atoms with Crippen molar-refractivity contribution in [3.05, 3.63) is 59.2 Å². The molecule has 3 rings (SSSR count). The summed E-state index contributed by atoms with van der Waals surface area (Å²) in [7, 11) is 1.66. The Labute approximate surface area is 174 Å². The van der Waals surface area contributed by atoms with Gasteiger partial charge in [-0.15, -0.1) is 0 Å². The minimum atomic E-state index is 0.0343. The van der Waals surface area contributed by atoms with Crippen LogP contribution in [0.2, 0.25) is 0 Å². The van der Waals surface area contributed by atoms with Crippen molar-refractivity contribution in [3.8, 4) is 5.75 Å². The fraction of sp³-hybridized carbons (Fsp3) is 0.458. The van der Waals surface area contributed by atoms with Gasteiger partial charge in [0.2, 0.25) is 0 Å². The minimum Gasteiger partial charge on any atom is -0.497 e. The molecular formula is C24H33N3O2. The molecule has 2 aromatic carbocycles. The lowest BCUT2D eigenvalue weighted by Gasteiger charge is -2.38. The number of amides is 2. The fourth-order valence-electron chi connectivity index (χ4n) is 3.93. The molecule has 0 unspecified atom stereocenters. The van der Waals surface area contributed by atoms with Crippen molar-refractivity contribution < 1.29 is 9.53 Å². The van der Waals surface area contributed by atoms with Gasteiger partial charge in [-0.25, -0.2) is 4.79 Å². The number of hydrogen-bond donors (Lipinski definition) is 1. The van der Waals surface area contributed by atoms with Crippen LogP contribution in [0.15, 0.2) is 42.5 Å². The van der Waals surface area contributed by atoms with Crippen LogP contribution < -0.4 is 15.0 Å². The highest BCUT2D eigenvalue weighted by molar-refractivity contribution is 5.74. The first-order valence-electron chi connectivity index (χ1n) is 10.5. The van der Waals surface area contributed by atoms with Gasteiger partial charge in [0.15, 0.2) is 0 Å². The summed E-state index contributed by atoms with van der Waals surface area (Å²) in [6.45, 7) is 10.5. The zero-order valence-electron chi connectivity index (χ0n) is 18.1. The summed E-state index contributed by atoms with van der Waals surface area (Å²) in [6.07, 6.45) is 0.816.